The van der Waals surface area contributed by atoms with Crippen LogP contribution >= 0.6 is 0 Å². The number of likely N-dealkylation sites (tertiary alicyclic amines) is 1. The second kappa shape index (κ2) is 6.23. The standard InChI is InChI=1S/C15H19N5O3/c1-10-7-20(15(23)18-14(10)22)9-12(21)19-6-2-3-11(8-19)13-16-4-5-17-13/h4-5,7,11H,2-3,6,8-9H2,1H3,(H,16,17)(H,18,22,23)/t11-/m0/s1. The highest BCUT2D eigenvalue weighted by molar-refractivity contribution is 5.76. The number of carbonyl (C=O) groups excluding carboxylic acids is 1. The fraction of sp³-hybridized carbons (Fsp3) is 0.467. The zero-order chi connectivity index (χ0) is 16.4. The molecule has 8 nitrogen and oxygen atoms in total. The van der Waals surface area contributed by atoms with Crippen molar-refractivity contribution in [2.75, 3.05) is 13.1 Å². The highest BCUT2D eigenvalue weighted by Crippen LogP contribution is 2.24. The number of hydrogen-bond acceptors (Lipinski definition) is 4. The Morgan fingerprint density at radius 1 is 1.43 bits per heavy atom. The highest BCUT2D eigenvalue weighted by atomic mass is 16.2. The average molecular weight is 317 g/mol. The molecule has 1 aliphatic heterocycles. The van der Waals surface area contributed by atoms with Gasteiger partial charge < -0.3 is 9.88 Å². The van der Waals surface area contributed by atoms with Crippen molar-refractivity contribution < 1.29 is 4.79 Å². The smallest absolute Gasteiger partial charge is 0.328 e. The minimum atomic E-state index is -0.562. The summed E-state index contributed by atoms with van der Waals surface area (Å²) in [5, 5.41) is 0. The van der Waals surface area contributed by atoms with E-state index in [0.29, 0.717) is 18.7 Å². The number of carbonyl (C=O) groups is 1. The van der Waals surface area contributed by atoms with Crippen LogP contribution in [0.1, 0.15) is 30.1 Å². The minimum absolute atomic E-state index is 0.0681. The fourth-order valence-corrected chi connectivity index (χ4v) is 2.91. The number of aromatic nitrogens is 4. The van der Waals surface area contributed by atoms with Gasteiger partial charge in [0.05, 0.1) is 0 Å². The van der Waals surface area contributed by atoms with Crippen LogP contribution in [0.4, 0.5) is 0 Å². The van der Waals surface area contributed by atoms with Crippen LogP contribution in [-0.2, 0) is 11.3 Å². The van der Waals surface area contributed by atoms with E-state index in [1.807, 2.05) is 0 Å². The molecular weight excluding hydrogens is 298 g/mol. The summed E-state index contributed by atoms with van der Waals surface area (Å²) < 4.78 is 1.25. The number of hydrogen-bond donors (Lipinski definition) is 2. The van der Waals surface area contributed by atoms with Crippen LogP contribution in [0.5, 0.6) is 0 Å². The molecular formula is C15H19N5O3. The molecule has 0 bridgehead atoms. The summed E-state index contributed by atoms with van der Waals surface area (Å²) >= 11 is 0. The van der Waals surface area contributed by atoms with E-state index in [-0.39, 0.29) is 18.4 Å². The number of piperidine rings is 1. The molecule has 0 radical (unpaired) electrons. The maximum Gasteiger partial charge on any atom is 0.328 e. The van der Waals surface area contributed by atoms with Crippen LogP contribution in [0.25, 0.3) is 0 Å². The number of amides is 1. The van der Waals surface area contributed by atoms with Gasteiger partial charge in [0.25, 0.3) is 5.56 Å². The van der Waals surface area contributed by atoms with Crippen molar-refractivity contribution in [2.45, 2.75) is 32.2 Å². The Morgan fingerprint density at radius 3 is 3.00 bits per heavy atom. The van der Waals surface area contributed by atoms with Gasteiger partial charge in [-0.15, -0.1) is 0 Å². The third-order valence-corrected chi connectivity index (χ3v) is 4.17. The summed E-state index contributed by atoms with van der Waals surface area (Å²) in [6, 6.07) is 0. The second-order valence-corrected chi connectivity index (χ2v) is 5.85. The van der Waals surface area contributed by atoms with Gasteiger partial charge >= 0.3 is 5.69 Å². The van der Waals surface area contributed by atoms with Crippen LogP contribution < -0.4 is 11.2 Å². The Kier molecular flexibility index (Phi) is 4.14. The molecule has 1 atom stereocenters. The van der Waals surface area contributed by atoms with Crippen LogP contribution in [0, 0.1) is 6.92 Å². The summed E-state index contributed by atoms with van der Waals surface area (Å²) in [6.07, 6.45) is 6.79. The molecule has 2 aromatic heterocycles. The molecule has 0 spiro atoms. The summed E-state index contributed by atoms with van der Waals surface area (Å²) in [7, 11) is 0. The average Bonchev–Trinajstić information content (AvgIpc) is 3.07. The number of imidazole rings is 1. The lowest BCUT2D eigenvalue weighted by atomic mass is 9.97. The molecule has 1 fully saturated rings. The number of nitrogens with one attached hydrogen (secondary N) is 2. The van der Waals surface area contributed by atoms with Crippen molar-refractivity contribution in [3.63, 3.8) is 0 Å². The lowest BCUT2D eigenvalue weighted by Gasteiger charge is -2.32. The lowest BCUT2D eigenvalue weighted by Crippen LogP contribution is -2.43. The fourth-order valence-electron chi connectivity index (χ4n) is 2.91. The predicted octanol–water partition coefficient (Wildman–Crippen LogP) is -0.0257. The second-order valence-electron chi connectivity index (χ2n) is 5.85. The molecule has 0 aliphatic carbocycles. The molecule has 1 saturated heterocycles. The summed E-state index contributed by atoms with van der Waals surface area (Å²) in [5.41, 5.74) is -0.576. The first kappa shape index (κ1) is 15.3. The number of aromatic amines is 2. The molecule has 2 N–H and O–H groups in total. The third-order valence-electron chi connectivity index (χ3n) is 4.17. The molecule has 23 heavy (non-hydrogen) atoms. The number of nitrogens with zero attached hydrogens (tertiary/aromatic N) is 3. The zero-order valence-electron chi connectivity index (χ0n) is 12.9. The first-order valence-corrected chi connectivity index (χ1v) is 7.62. The van der Waals surface area contributed by atoms with Gasteiger partial charge in [0.15, 0.2) is 0 Å². The van der Waals surface area contributed by atoms with E-state index >= 15 is 0 Å². The van der Waals surface area contributed by atoms with Crippen LogP contribution in [-0.4, -0.2) is 43.4 Å². The Balaban J connectivity index is 1.72. The van der Waals surface area contributed by atoms with Crippen LogP contribution in [0.15, 0.2) is 28.2 Å². The maximum absolute atomic E-state index is 12.5. The molecule has 0 unspecified atom stereocenters. The SMILES string of the molecule is Cc1cn(CC(=O)N2CCC[C@H](c3ncc[nH]3)C2)c(=O)[nH]c1=O. The van der Waals surface area contributed by atoms with Gasteiger partial charge in [-0.25, -0.2) is 9.78 Å². The molecule has 122 valence electrons. The van der Waals surface area contributed by atoms with E-state index in [2.05, 4.69) is 15.0 Å². The van der Waals surface area contributed by atoms with Crippen molar-refractivity contribution in [2.24, 2.45) is 0 Å². The topological polar surface area (TPSA) is 104 Å². The van der Waals surface area contributed by atoms with Gasteiger partial charge in [0.1, 0.15) is 12.4 Å². The third kappa shape index (κ3) is 3.25. The van der Waals surface area contributed by atoms with E-state index in [4.69, 9.17) is 0 Å². The first-order valence-electron chi connectivity index (χ1n) is 7.62. The first-order chi connectivity index (χ1) is 11.0. The van der Waals surface area contributed by atoms with E-state index in [9.17, 15) is 14.4 Å². The largest absolute Gasteiger partial charge is 0.348 e. The highest BCUT2D eigenvalue weighted by Gasteiger charge is 2.26. The van der Waals surface area contributed by atoms with E-state index in [1.54, 1.807) is 24.2 Å². The van der Waals surface area contributed by atoms with E-state index in [1.165, 1.54) is 10.8 Å². The van der Waals surface area contributed by atoms with Gasteiger partial charge in [-0.05, 0) is 19.8 Å². The lowest BCUT2D eigenvalue weighted by molar-refractivity contribution is -0.133. The molecule has 3 rings (SSSR count). The summed E-state index contributed by atoms with van der Waals surface area (Å²) in [5.74, 6) is 0.950. The van der Waals surface area contributed by atoms with Crippen LogP contribution in [0.3, 0.4) is 0 Å². The number of aryl methyl sites for hydroxylation is 1. The molecule has 1 aliphatic rings. The van der Waals surface area contributed by atoms with Crippen molar-refractivity contribution in [3.8, 4) is 0 Å². The Morgan fingerprint density at radius 2 is 2.26 bits per heavy atom. The Bertz CT molecular complexity index is 805. The Labute approximate surface area is 132 Å². The maximum atomic E-state index is 12.5. The van der Waals surface area contributed by atoms with E-state index in [0.717, 1.165) is 18.7 Å². The monoisotopic (exact) mass is 317 g/mol. The van der Waals surface area contributed by atoms with Gasteiger partial charge in [-0.2, -0.15) is 0 Å². The minimum Gasteiger partial charge on any atom is -0.348 e. The normalized spacial score (nSPS) is 18.1. The van der Waals surface area contributed by atoms with Gasteiger partial charge in [0.2, 0.25) is 5.91 Å². The number of rotatable bonds is 3. The van der Waals surface area contributed by atoms with Gasteiger partial charge in [-0.1, -0.05) is 0 Å². The molecule has 0 aromatic carbocycles. The van der Waals surface area contributed by atoms with Crippen molar-refractivity contribution >= 4 is 5.91 Å². The Hall–Kier alpha value is -2.64. The van der Waals surface area contributed by atoms with Crippen molar-refractivity contribution in [3.05, 3.63) is 50.8 Å². The predicted molar refractivity (Wildman–Crippen MR) is 83.2 cm³/mol. The zero-order valence-corrected chi connectivity index (χ0v) is 12.9. The van der Waals surface area contributed by atoms with Crippen molar-refractivity contribution in [1.82, 2.24) is 24.4 Å². The van der Waals surface area contributed by atoms with Crippen molar-refractivity contribution in [1.29, 1.82) is 0 Å². The van der Waals surface area contributed by atoms with Crippen LogP contribution in [0.2, 0.25) is 0 Å². The summed E-state index contributed by atoms with van der Waals surface area (Å²) in [4.78, 5) is 47.0. The van der Waals surface area contributed by atoms with Gasteiger partial charge in [0, 0.05) is 43.2 Å². The molecule has 3 heterocycles. The molecule has 0 saturated carbocycles. The van der Waals surface area contributed by atoms with E-state index < -0.39 is 11.2 Å². The summed E-state index contributed by atoms with van der Waals surface area (Å²) in [6.45, 7) is 2.80. The quantitative estimate of drug-likeness (QED) is 0.830. The molecule has 8 heteroatoms. The number of H-pyrrole nitrogens is 2. The molecule has 1 amide bonds. The van der Waals surface area contributed by atoms with Gasteiger partial charge in [-0.3, -0.25) is 19.1 Å². The molecule has 2 aromatic rings.